The summed E-state index contributed by atoms with van der Waals surface area (Å²) in [5.74, 6) is 2.73. The summed E-state index contributed by atoms with van der Waals surface area (Å²) >= 11 is 0. The maximum absolute atomic E-state index is 6.05. The fraction of sp³-hybridized carbons (Fsp3) is 0.636. The Morgan fingerprint density at radius 2 is 2.00 bits per heavy atom. The lowest BCUT2D eigenvalue weighted by Crippen LogP contribution is -2.31. The van der Waals surface area contributed by atoms with Gasteiger partial charge in [-0.15, -0.1) is 0 Å². The van der Waals surface area contributed by atoms with Crippen LogP contribution >= 0.6 is 0 Å². The molecule has 0 unspecified atom stereocenters. The number of aryl methyl sites for hydroxylation is 1. The molecule has 5 nitrogen and oxygen atoms in total. The number of nitrogens with zero attached hydrogens (tertiary/aromatic N) is 4. The zero-order valence-corrected chi connectivity index (χ0v) is 16.7. The van der Waals surface area contributed by atoms with Gasteiger partial charge in [-0.3, -0.25) is 0 Å². The summed E-state index contributed by atoms with van der Waals surface area (Å²) in [6.45, 7) is 6.13. The van der Waals surface area contributed by atoms with Crippen molar-refractivity contribution in [3.8, 4) is 0 Å². The number of ether oxygens (including phenoxy) is 1. The molecule has 0 aliphatic carbocycles. The van der Waals surface area contributed by atoms with Crippen LogP contribution < -0.4 is 0 Å². The number of aromatic nitrogens is 3. The van der Waals surface area contributed by atoms with E-state index in [1.807, 2.05) is 0 Å². The first kappa shape index (κ1) is 18.6. The highest BCUT2D eigenvalue weighted by Gasteiger charge is 2.25. The summed E-state index contributed by atoms with van der Waals surface area (Å²) in [4.78, 5) is 7.40. The predicted molar refractivity (Wildman–Crippen MR) is 107 cm³/mol. The molecule has 1 aromatic heterocycles. The van der Waals surface area contributed by atoms with Gasteiger partial charge in [-0.05, 0) is 70.6 Å². The van der Waals surface area contributed by atoms with Gasteiger partial charge in [0.15, 0.2) is 11.6 Å². The first-order valence-corrected chi connectivity index (χ1v) is 10.5. The van der Waals surface area contributed by atoms with Crippen LogP contribution in [0.2, 0.25) is 0 Å². The number of benzene rings is 1. The Balaban J connectivity index is 1.54. The zero-order chi connectivity index (χ0) is 18.6. The van der Waals surface area contributed by atoms with Gasteiger partial charge in [0, 0.05) is 13.0 Å². The highest BCUT2D eigenvalue weighted by atomic mass is 16.5. The molecule has 4 rings (SSSR count). The van der Waals surface area contributed by atoms with Crippen molar-refractivity contribution in [1.29, 1.82) is 0 Å². The lowest BCUT2D eigenvalue weighted by molar-refractivity contribution is 0.00694. The first-order chi connectivity index (χ1) is 13.2. The SMILES string of the molecule is Cc1cccc(Cn2nc(CC3CCN(C)CC3)nc2[C@H]2CCCCO2)c1. The third-order valence-corrected chi connectivity index (χ3v) is 5.94. The average molecular weight is 369 g/mol. The van der Waals surface area contributed by atoms with Gasteiger partial charge < -0.3 is 9.64 Å². The Morgan fingerprint density at radius 1 is 1.15 bits per heavy atom. The Hall–Kier alpha value is -1.72. The average Bonchev–Trinajstić information content (AvgIpc) is 3.06. The summed E-state index contributed by atoms with van der Waals surface area (Å²) in [5.41, 5.74) is 2.57. The van der Waals surface area contributed by atoms with Crippen molar-refractivity contribution in [3.05, 3.63) is 47.0 Å². The van der Waals surface area contributed by atoms with Gasteiger partial charge in [-0.1, -0.05) is 29.8 Å². The minimum absolute atomic E-state index is 0.0994. The molecule has 2 aromatic rings. The summed E-state index contributed by atoms with van der Waals surface area (Å²) in [6, 6.07) is 8.68. The molecule has 2 aliphatic rings. The molecule has 0 saturated carbocycles. The highest BCUT2D eigenvalue weighted by Crippen LogP contribution is 2.28. The van der Waals surface area contributed by atoms with Crippen LogP contribution in [0.3, 0.4) is 0 Å². The molecule has 5 heteroatoms. The van der Waals surface area contributed by atoms with Gasteiger partial charge in [-0.2, -0.15) is 5.10 Å². The molecule has 27 heavy (non-hydrogen) atoms. The van der Waals surface area contributed by atoms with Gasteiger partial charge in [-0.25, -0.2) is 9.67 Å². The molecule has 0 amide bonds. The molecule has 1 aromatic carbocycles. The fourth-order valence-electron chi connectivity index (χ4n) is 4.30. The van der Waals surface area contributed by atoms with Gasteiger partial charge in [0.05, 0.1) is 6.54 Å². The first-order valence-electron chi connectivity index (χ1n) is 10.5. The summed E-state index contributed by atoms with van der Waals surface area (Å²) in [7, 11) is 2.21. The Labute approximate surface area is 162 Å². The molecule has 3 heterocycles. The maximum Gasteiger partial charge on any atom is 0.156 e. The molecule has 0 spiro atoms. The minimum atomic E-state index is 0.0994. The van der Waals surface area contributed by atoms with E-state index in [-0.39, 0.29) is 6.10 Å². The van der Waals surface area contributed by atoms with E-state index in [1.165, 1.54) is 43.5 Å². The predicted octanol–water partition coefficient (Wildman–Crippen LogP) is 3.76. The normalized spacial score (nSPS) is 22.2. The van der Waals surface area contributed by atoms with Crippen LogP contribution in [0, 0.1) is 12.8 Å². The van der Waals surface area contributed by atoms with Crippen molar-refractivity contribution >= 4 is 0 Å². The van der Waals surface area contributed by atoms with E-state index in [2.05, 4.69) is 47.8 Å². The lowest BCUT2D eigenvalue weighted by Gasteiger charge is -2.28. The van der Waals surface area contributed by atoms with Crippen molar-refractivity contribution in [3.63, 3.8) is 0 Å². The molecule has 2 aliphatic heterocycles. The summed E-state index contributed by atoms with van der Waals surface area (Å²) in [5, 5.41) is 4.94. The monoisotopic (exact) mass is 368 g/mol. The van der Waals surface area contributed by atoms with Crippen molar-refractivity contribution in [2.75, 3.05) is 26.7 Å². The van der Waals surface area contributed by atoms with Gasteiger partial charge >= 0.3 is 0 Å². The Morgan fingerprint density at radius 3 is 2.74 bits per heavy atom. The standard InChI is InChI=1S/C22H32N4O/c1-17-6-5-7-19(14-17)16-26-22(20-8-3-4-13-27-20)23-21(24-26)15-18-9-11-25(2)12-10-18/h5-7,14,18,20H,3-4,8-13,15-16H2,1-2H3/t20-/m1/s1. The van der Waals surface area contributed by atoms with E-state index < -0.39 is 0 Å². The number of piperidine rings is 1. The second-order valence-corrected chi connectivity index (χ2v) is 8.34. The van der Waals surface area contributed by atoms with Gasteiger partial charge in [0.25, 0.3) is 0 Å². The number of hydrogen-bond donors (Lipinski definition) is 0. The number of hydrogen-bond acceptors (Lipinski definition) is 4. The molecular formula is C22H32N4O. The quantitative estimate of drug-likeness (QED) is 0.806. The van der Waals surface area contributed by atoms with E-state index in [0.29, 0.717) is 5.92 Å². The van der Waals surface area contributed by atoms with Gasteiger partial charge in [0.2, 0.25) is 0 Å². The topological polar surface area (TPSA) is 43.2 Å². The molecule has 0 radical (unpaired) electrons. The molecular weight excluding hydrogens is 336 g/mol. The second-order valence-electron chi connectivity index (χ2n) is 8.34. The van der Waals surface area contributed by atoms with Crippen molar-refractivity contribution in [1.82, 2.24) is 19.7 Å². The van der Waals surface area contributed by atoms with Crippen molar-refractivity contribution in [2.45, 2.75) is 58.1 Å². The number of rotatable bonds is 5. The molecule has 2 fully saturated rings. The van der Waals surface area contributed by atoms with Crippen LogP contribution in [-0.2, 0) is 17.7 Å². The van der Waals surface area contributed by atoms with E-state index >= 15 is 0 Å². The number of likely N-dealkylation sites (tertiary alicyclic amines) is 1. The third kappa shape index (κ3) is 4.77. The van der Waals surface area contributed by atoms with Crippen LogP contribution in [0.1, 0.15) is 61.0 Å². The molecule has 0 N–H and O–H groups in total. The minimum Gasteiger partial charge on any atom is -0.370 e. The van der Waals surface area contributed by atoms with Crippen LogP contribution in [-0.4, -0.2) is 46.4 Å². The molecule has 146 valence electrons. The Bertz CT molecular complexity index is 743. The summed E-state index contributed by atoms with van der Waals surface area (Å²) < 4.78 is 8.16. The van der Waals surface area contributed by atoms with Crippen LogP contribution in [0.25, 0.3) is 0 Å². The molecule has 0 bridgehead atoms. The maximum atomic E-state index is 6.05. The molecule has 1 atom stereocenters. The van der Waals surface area contributed by atoms with E-state index in [9.17, 15) is 0 Å². The van der Waals surface area contributed by atoms with Crippen molar-refractivity contribution in [2.24, 2.45) is 5.92 Å². The van der Waals surface area contributed by atoms with E-state index in [1.54, 1.807) is 0 Å². The Kier molecular flexibility index (Phi) is 5.89. The second kappa shape index (κ2) is 8.53. The summed E-state index contributed by atoms with van der Waals surface area (Å²) in [6.07, 6.45) is 7.02. The van der Waals surface area contributed by atoms with Crippen LogP contribution in [0.15, 0.2) is 24.3 Å². The van der Waals surface area contributed by atoms with E-state index in [0.717, 1.165) is 44.1 Å². The lowest BCUT2D eigenvalue weighted by atomic mass is 9.93. The van der Waals surface area contributed by atoms with Crippen molar-refractivity contribution < 1.29 is 4.74 Å². The van der Waals surface area contributed by atoms with Gasteiger partial charge in [0.1, 0.15) is 6.10 Å². The van der Waals surface area contributed by atoms with Crippen LogP contribution in [0.4, 0.5) is 0 Å². The zero-order valence-electron chi connectivity index (χ0n) is 16.7. The fourth-order valence-corrected chi connectivity index (χ4v) is 4.30. The highest BCUT2D eigenvalue weighted by molar-refractivity contribution is 5.22. The van der Waals surface area contributed by atoms with Crippen LogP contribution in [0.5, 0.6) is 0 Å². The molecule has 2 saturated heterocycles. The largest absolute Gasteiger partial charge is 0.370 e. The smallest absolute Gasteiger partial charge is 0.156 e. The third-order valence-electron chi connectivity index (χ3n) is 5.94. The van der Waals surface area contributed by atoms with E-state index in [4.69, 9.17) is 14.8 Å².